The molecule has 0 saturated heterocycles. The summed E-state index contributed by atoms with van der Waals surface area (Å²) in [4.78, 5) is 4.70. The lowest BCUT2D eigenvalue weighted by Crippen LogP contribution is -2.77. The number of hydrogen-bond acceptors (Lipinski definition) is 2. The van der Waals surface area contributed by atoms with Crippen LogP contribution in [0.4, 0.5) is 38.5 Å². The normalized spacial score (nSPS) is 13.0. The maximum absolute atomic E-state index is 14.4. The van der Waals surface area contributed by atoms with Gasteiger partial charge in [-0.25, -0.2) is 4.39 Å². The minimum Gasteiger partial charge on any atom is -0.311 e. The van der Waals surface area contributed by atoms with Crippen molar-refractivity contribution in [2.24, 2.45) is 0 Å². The summed E-state index contributed by atoms with van der Waals surface area (Å²) >= 11 is 0. The van der Waals surface area contributed by atoms with Crippen molar-refractivity contribution in [1.82, 2.24) is 0 Å². The number of para-hydroxylation sites is 2. The van der Waals surface area contributed by atoms with Crippen molar-refractivity contribution in [3.63, 3.8) is 0 Å². The van der Waals surface area contributed by atoms with Crippen LogP contribution in [0.2, 0.25) is 0 Å². The summed E-state index contributed by atoms with van der Waals surface area (Å²) < 4.78 is 14.4. The molecule has 4 heteroatoms. The van der Waals surface area contributed by atoms with Crippen LogP contribution in [-0.4, -0.2) is 8.07 Å². The second-order valence-corrected chi connectivity index (χ2v) is 16.4. The smallest absolute Gasteiger partial charge is 0.184 e. The van der Waals surface area contributed by atoms with Crippen molar-refractivity contribution in [1.29, 1.82) is 0 Å². The molecule has 0 fully saturated rings. The molecule has 9 rings (SSSR count). The van der Waals surface area contributed by atoms with Crippen molar-refractivity contribution < 1.29 is 4.39 Å². The molecule has 0 unspecified atom stereocenters. The fourth-order valence-electron chi connectivity index (χ4n) is 7.86. The van der Waals surface area contributed by atoms with Crippen molar-refractivity contribution in [3.8, 4) is 0 Å². The molecule has 0 saturated carbocycles. The summed E-state index contributed by atoms with van der Waals surface area (Å²) in [6.45, 7) is 0. The first kappa shape index (κ1) is 29.9. The highest BCUT2D eigenvalue weighted by Crippen LogP contribution is 2.43. The van der Waals surface area contributed by atoms with E-state index in [1.165, 1.54) is 26.4 Å². The van der Waals surface area contributed by atoms with E-state index in [1.807, 2.05) is 12.1 Å². The van der Waals surface area contributed by atoms with Crippen LogP contribution >= 0.6 is 0 Å². The van der Waals surface area contributed by atoms with Gasteiger partial charge in [-0.1, -0.05) is 133 Å². The van der Waals surface area contributed by atoms with Gasteiger partial charge in [0.2, 0.25) is 0 Å². The maximum Gasteiger partial charge on any atom is 0.184 e. The zero-order valence-electron chi connectivity index (χ0n) is 27.3. The summed E-state index contributed by atoms with van der Waals surface area (Å²) in [5.74, 6) is -0.258. The third-order valence-electron chi connectivity index (χ3n) is 9.95. The zero-order chi connectivity index (χ0) is 33.5. The summed E-state index contributed by atoms with van der Waals surface area (Å²) in [6, 6.07) is 70.4. The fourth-order valence-corrected chi connectivity index (χ4v) is 13.0. The molecule has 1 heterocycles. The number of nitrogens with zero attached hydrogens (tertiary/aromatic N) is 2. The summed E-state index contributed by atoms with van der Waals surface area (Å²) in [7, 11) is -2.92. The highest BCUT2D eigenvalue weighted by atomic mass is 28.3. The van der Waals surface area contributed by atoms with E-state index in [-0.39, 0.29) is 5.82 Å². The van der Waals surface area contributed by atoms with Crippen LogP contribution < -0.4 is 30.5 Å². The Morgan fingerprint density at radius 3 is 1.72 bits per heavy atom. The number of rotatable bonds is 6. The maximum atomic E-state index is 14.4. The van der Waals surface area contributed by atoms with Crippen LogP contribution in [0.25, 0.3) is 10.8 Å². The largest absolute Gasteiger partial charge is 0.311 e. The van der Waals surface area contributed by atoms with Crippen LogP contribution in [-0.2, 0) is 0 Å². The molecule has 0 amide bonds. The lowest BCUT2D eigenvalue weighted by Gasteiger charge is -2.45. The van der Waals surface area contributed by atoms with Gasteiger partial charge in [0.15, 0.2) is 8.07 Å². The first-order chi connectivity index (χ1) is 24.7. The van der Waals surface area contributed by atoms with Gasteiger partial charge >= 0.3 is 0 Å². The van der Waals surface area contributed by atoms with Gasteiger partial charge in [0.05, 0.1) is 5.69 Å². The van der Waals surface area contributed by atoms with Crippen LogP contribution in [0.3, 0.4) is 0 Å². The number of fused-ring (bicyclic) bond motifs is 3. The molecule has 238 valence electrons. The van der Waals surface area contributed by atoms with Crippen LogP contribution in [0.1, 0.15) is 0 Å². The second kappa shape index (κ2) is 12.3. The molecular weight excluding hydrogens is 628 g/mol. The molecule has 0 N–H and O–H groups in total. The van der Waals surface area contributed by atoms with Crippen molar-refractivity contribution in [2.75, 3.05) is 9.80 Å². The topological polar surface area (TPSA) is 6.48 Å². The van der Waals surface area contributed by atoms with Crippen molar-refractivity contribution in [2.45, 2.75) is 0 Å². The molecule has 0 spiro atoms. The summed E-state index contributed by atoms with van der Waals surface area (Å²) in [5, 5.41) is 7.55. The van der Waals surface area contributed by atoms with E-state index < -0.39 is 8.07 Å². The predicted molar refractivity (Wildman–Crippen MR) is 210 cm³/mol. The molecular formula is C46H33FN2Si. The molecule has 0 radical (unpaired) electrons. The quantitative estimate of drug-likeness (QED) is 0.164. The van der Waals surface area contributed by atoms with Crippen molar-refractivity contribution >= 4 is 73.7 Å². The number of benzene rings is 8. The van der Waals surface area contributed by atoms with Crippen molar-refractivity contribution in [3.05, 3.63) is 206 Å². The average Bonchev–Trinajstić information content (AvgIpc) is 3.19. The summed E-state index contributed by atoms with van der Waals surface area (Å²) in [5.41, 5.74) is 6.42. The van der Waals surface area contributed by atoms with Gasteiger partial charge in [-0.3, -0.25) is 0 Å². The molecule has 2 nitrogen and oxygen atoms in total. The number of anilines is 6. The average molecular weight is 661 g/mol. The molecule has 0 atom stereocenters. The standard InChI is InChI=1S/C46H33FN2Si/c47-35-27-29-37(30-28-35)48(42-25-14-16-34-15-10-11-23-41(34)42)38-31-32-44-46(33-38)50(39-19-6-2-7-20-39,40-21-8-3-9-22-40)45-26-13-12-24-43(45)49(44)36-17-4-1-5-18-36/h1-33H. The summed E-state index contributed by atoms with van der Waals surface area (Å²) in [6.07, 6.45) is 0. The Morgan fingerprint density at radius 2 is 1.00 bits per heavy atom. The SMILES string of the molecule is Fc1ccc(N(c2ccc3c(c2)[Si](c2ccccc2)(c2ccccc2)c2ccccc2N3c2ccccc2)c2cccc3ccccc23)cc1. The zero-order valence-corrected chi connectivity index (χ0v) is 28.3. The number of halogens is 1. The molecule has 50 heavy (non-hydrogen) atoms. The van der Waals surface area contributed by atoms with Gasteiger partial charge in [0.25, 0.3) is 0 Å². The minimum absolute atomic E-state index is 0.258. The van der Waals surface area contributed by atoms with E-state index in [0.29, 0.717) is 0 Å². The Bertz CT molecular complexity index is 2400. The van der Waals surface area contributed by atoms with Gasteiger partial charge in [0, 0.05) is 33.8 Å². The molecule has 8 aromatic rings. The monoisotopic (exact) mass is 660 g/mol. The lowest BCUT2D eigenvalue weighted by atomic mass is 10.1. The Morgan fingerprint density at radius 1 is 0.440 bits per heavy atom. The lowest BCUT2D eigenvalue weighted by molar-refractivity contribution is 0.628. The second-order valence-electron chi connectivity index (χ2n) is 12.7. The third kappa shape index (κ3) is 4.76. The van der Waals surface area contributed by atoms with Crippen LogP contribution in [0.15, 0.2) is 200 Å². The Hall–Kier alpha value is -6.23. The molecule has 1 aliphatic heterocycles. The Balaban J connectivity index is 1.41. The molecule has 0 aromatic heterocycles. The number of hydrogen-bond donors (Lipinski definition) is 0. The van der Waals surface area contributed by atoms with Gasteiger partial charge in [-0.05, 0) is 92.9 Å². The fraction of sp³-hybridized carbons (Fsp3) is 0. The molecule has 1 aliphatic rings. The van der Waals surface area contributed by atoms with E-state index >= 15 is 0 Å². The Kier molecular flexibility index (Phi) is 7.37. The van der Waals surface area contributed by atoms with Crippen LogP contribution in [0, 0.1) is 5.82 Å². The van der Waals surface area contributed by atoms with Gasteiger partial charge in [-0.15, -0.1) is 0 Å². The Labute approximate surface area is 293 Å². The highest BCUT2D eigenvalue weighted by Gasteiger charge is 2.49. The van der Waals surface area contributed by atoms with E-state index in [4.69, 9.17) is 0 Å². The van der Waals surface area contributed by atoms with E-state index in [1.54, 1.807) is 12.1 Å². The van der Waals surface area contributed by atoms with E-state index in [0.717, 1.165) is 39.2 Å². The molecule has 0 aliphatic carbocycles. The first-order valence-electron chi connectivity index (χ1n) is 17.0. The molecule has 8 aromatic carbocycles. The van der Waals surface area contributed by atoms with Crippen LogP contribution in [0.5, 0.6) is 0 Å². The molecule has 0 bridgehead atoms. The van der Waals surface area contributed by atoms with Gasteiger partial charge in [-0.2, -0.15) is 0 Å². The van der Waals surface area contributed by atoms with Gasteiger partial charge < -0.3 is 9.80 Å². The third-order valence-corrected chi connectivity index (χ3v) is 14.8. The minimum atomic E-state index is -2.92. The van der Waals surface area contributed by atoms with Gasteiger partial charge in [0.1, 0.15) is 5.82 Å². The predicted octanol–water partition coefficient (Wildman–Crippen LogP) is 9.61. The van der Waals surface area contributed by atoms with E-state index in [9.17, 15) is 4.39 Å². The first-order valence-corrected chi connectivity index (χ1v) is 19.0. The van der Waals surface area contributed by atoms with E-state index in [2.05, 4.69) is 186 Å². The highest BCUT2D eigenvalue weighted by molar-refractivity contribution is 7.21.